The fraction of sp³-hybridized carbons (Fsp3) is 0.455. The van der Waals surface area contributed by atoms with Crippen molar-refractivity contribution in [3.05, 3.63) is 72.3 Å². The second kappa shape index (κ2) is 12.9. The SMILES string of the molecule is COC[C@]1(O)CCCC[C@H]1n1cnc(C(=O)N2CCNC[C@H]2CCn2nc(C(=O)OC)c3ccccc32)c1-c1ccccc1. The average Bonchev–Trinajstić information content (AvgIpc) is 3.66. The summed E-state index contributed by atoms with van der Waals surface area (Å²) >= 11 is 0. The topological polar surface area (TPSA) is 124 Å². The third kappa shape index (κ3) is 5.62. The number of carbonyl (C=O) groups is 2. The second-order valence-electron chi connectivity index (χ2n) is 11.7. The molecule has 2 N–H and O–H groups in total. The molecule has 1 saturated carbocycles. The normalized spacial score (nSPS) is 22.3. The minimum absolute atomic E-state index is 0.116. The molecular weight excluding hydrogens is 560 g/mol. The largest absolute Gasteiger partial charge is 0.464 e. The number of carbonyl (C=O) groups excluding carboxylic acids is 2. The van der Waals surface area contributed by atoms with Crippen molar-refractivity contribution in [3.8, 4) is 11.3 Å². The number of aliphatic hydroxyl groups is 1. The number of nitrogens with one attached hydrogen (secondary N) is 1. The van der Waals surface area contributed by atoms with Crippen molar-refractivity contribution in [1.82, 2.24) is 29.5 Å². The number of para-hydroxylation sites is 1. The summed E-state index contributed by atoms with van der Waals surface area (Å²) in [7, 11) is 2.96. The summed E-state index contributed by atoms with van der Waals surface area (Å²) in [6, 6.07) is 17.0. The lowest BCUT2D eigenvalue weighted by molar-refractivity contribution is -0.0893. The lowest BCUT2D eigenvalue weighted by Gasteiger charge is -2.41. The number of aryl methyl sites for hydroxylation is 1. The first kappa shape index (κ1) is 30.0. The quantitative estimate of drug-likeness (QED) is 0.279. The van der Waals surface area contributed by atoms with Crippen LogP contribution in [-0.2, 0) is 16.0 Å². The fourth-order valence-corrected chi connectivity index (χ4v) is 6.89. The lowest BCUT2D eigenvalue weighted by atomic mass is 9.80. The van der Waals surface area contributed by atoms with Gasteiger partial charge in [-0.2, -0.15) is 5.10 Å². The van der Waals surface area contributed by atoms with E-state index in [0.717, 1.165) is 41.4 Å². The highest BCUT2D eigenvalue weighted by Gasteiger charge is 2.42. The Balaban J connectivity index is 1.31. The smallest absolute Gasteiger partial charge is 0.359 e. The number of amides is 1. The molecule has 3 heterocycles. The van der Waals surface area contributed by atoms with Crippen LogP contribution in [0.15, 0.2) is 60.9 Å². The van der Waals surface area contributed by atoms with Gasteiger partial charge in [0.2, 0.25) is 0 Å². The van der Waals surface area contributed by atoms with E-state index in [1.54, 1.807) is 13.4 Å². The molecule has 1 amide bonds. The summed E-state index contributed by atoms with van der Waals surface area (Å²) in [5.74, 6) is -0.615. The molecule has 2 fully saturated rings. The monoisotopic (exact) mass is 600 g/mol. The second-order valence-corrected chi connectivity index (χ2v) is 11.7. The van der Waals surface area contributed by atoms with E-state index in [1.807, 2.05) is 68.7 Å². The van der Waals surface area contributed by atoms with E-state index < -0.39 is 11.6 Å². The molecule has 232 valence electrons. The number of aromatic nitrogens is 4. The Kier molecular flexibility index (Phi) is 8.79. The van der Waals surface area contributed by atoms with Gasteiger partial charge in [0, 0.05) is 50.3 Å². The predicted octanol–water partition coefficient (Wildman–Crippen LogP) is 3.68. The van der Waals surface area contributed by atoms with Gasteiger partial charge in [0.1, 0.15) is 5.60 Å². The van der Waals surface area contributed by atoms with Gasteiger partial charge >= 0.3 is 5.97 Å². The molecule has 2 aliphatic rings. The first-order valence-electron chi connectivity index (χ1n) is 15.3. The van der Waals surface area contributed by atoms with Gasteiger partial charge in [0.15, 0.2) is 11.4 Å². The van der Waals surface area contributed by atoms with Gasteiger partial charge in [-0.1, -0.05) is 61.4 Å². The molecule has 6 rings (SSSR count). The molecule has 4 aromatic rings. The van der Waals surface area contributed by atoms with Gasteiger partial charge in [0.25, 0.3) is 5.91 Å². The zero-order valence-electron chi connectivity index (χ0n) is 25.3. The molecule has 0 radical (unpaired) electrons. The molecule has 44 heavy (non-hydrogen) atoms. The lowest BCUT2D eigenvalue weighted by Crippen LogP contribution is -2.54. The minimum atomic E-state index is -1.05. The molecule has 0 unspecified atom stereocenters. The predicted molar refractivity (Wildman–Crippen MR) is 165 cm³/mol. The standard InChI is InChI=1S/C33H40N6O5/c1-43-21-33(42)16-9-8-14-27(33)38-22-35-29(30(38)23-10-4-3-5-11-23)31(40)37-19-17-34-20-24(37)15-18-39-26-13-7-6-12-25(26)28(36-39)32(41)44-2/h3-7,10-13,22,24,27,34,42H,8-9,14-21H2,1-2H3/t24-,27-,33-/m1/s1. The molecule has 11 nitrogen and oxygen atoms in total. The highest BCUT2D eigenvalue weighted by atomic mass is 16.5. The van der Waals surface area contributed by atoms with Crippen LogP contribution in [0.25, 0.3) is 22.2 Å². The van der Waals surface area contributed by atoms with Gasteiger partial charge in [-0.05, 0) is 25.3 Å². The van der Waals surface area contributed by atoms with Crippen LogP contribution in [-0.4, -0.2) is 93.3 Å². The zero-order chi connectivity index (χ0) is 30.7. The van der Waals surface area contributed by atoms with Gasteiger partial charge in [-0.3, -0.25) is 9.48 Å². The molecule has 1 aliphatic heterocycles. The fourth-order valence-electron chi connectivity index (χ4n) is 6.89. The van der Waals surface area contributed by atoms with Crippen molar-refractivity contribution in [3.63, 3.8) is 0 Å². The maximum absolute atomic E-state index is 14.4. The Hall–Kier alpha value is -4.06. The number of esters is 1. The van der Waals surface area contributed by atoms with Crippen molar-refractivity contribution in [2.75, 3.05) is 40.5 Å². The number of hydrogen-bond donors (Lipinski definition) is 2. The Morgan fingerprint density at radius 2 is 1.86 bits per heavy atom. The van der Waals surface area contributed by atoms with Crippen molar-refractivity contribution in [2.45, 2.75) is 56.3 Å². The van der Waals surface area contributed by atoms with Crippen LogP contribution in [0.4, 0.5) is 0 Å². The number of piperazine rings is 1. The Bertz CT molecular complexity index is 1610. The molecule has 3 atom stereocenters. The van der Waals surface area contributed by atoms with E-state index in [9.17, 15) is 14.7 Å². The van der Waals surface area contributed by atoms with E-state index >= 15 is 0 Å². The van der Waals surface area contributed by atoms with Gasteiger partial charge in [0.05, 0.1) is 37.3 Å². The van der Waals surface area contributed by atoms with Crippen LogP contribution in [0.2, 0.25) is 0 Å². The van der Waals surface area contributed by atoms with Crippen molar-refractivity contribution in [1.29, 1.82) is 0 Å². The van der Waals surface area contributed by atoms with Crippen LogP contribution in [0.3, 0.4) is 0 Å². The molecule has 2 aromatic carbocycles. The van der Waals surface area contributed by atoms with Crippen LogP contribution in [0, 0.1) is 0 Å². The highest BCUT2D eigenvalue weighted by Crippen LogP contribution is 2.41. The number of methoxy groups -OCH3 is 2. The molecule has 2 aromatic heterocycles. The molecule has 1 saturated heterocycles. The van der Waals surface area contributed by atoms with E-state index in [-0.39, 0.29) is 30.3 Å². The van der Waals surface area contributed by atoms with E-state index in [1.165, 1.54) is 7.11 Å². The maximum Gasteiger partial charge on any atom is 0.359 e. The number of rotatable bonds is 9. The van der Waals surface area contributed by atoms with Crippen LogP contribution >= 0.6 is 0 Å². The van der Waals surface area contributed by atoms with Gasteiger partial charge in [-0.15, -0.1) is 0 Å². The summed E-state index contributed by atoms with van der Waals surface area (Å²) in [4.78, 5) is 33.4. The van der Waals surface area contributed by atoms with E-state index in [2.05, 4.69) is 10.4 Å². The molecule has 11 heteroatoms. The van der Waals surface area contributed by atoms with Crippen molar-refractivity contribution < 1.29 is 24.2 Å². The van der Waals surface area contributed by atoms with E-state index in [0.29, 0.717) is 44.7 Å². The summed E-state index contributed by atoms with van der Waals surface area (Å²) in [5.41, 5.74) is 2.05. The molecule has 1 aliphatic carbocycles. The number of fused-ring (bicyclic) bond motifs is 1. The summed E-state index contributed by atoms with van der Waals surface area (Å²) in [6.07, 6.45) is 5.64. The molecule has 0 bridgehead atoms. The zero-order valence-corrected chi connectivity index (χ0v) is 25.3. The maximum atomic E-state index is 14.4. The number of benzene rings is 2. The Morgan fingerprint density at radius 1 is 1.07 bits per heavy atom. The van der Waals surface area contributed by atoms with Crippen LogP contribution < -0.4 is 5.32 Å². The Labute approximate surface area is 256 Å². The molecular formula is C33H40N6O5. The minimum Gasteiger partial charge on any atom is -0.464 e. The number of imidazole rings is 1. The summed E-state index contributed by atoms with van der Waals surface area (Å²) < 4.78 is 14.2. The molecule has 0 spiro atoms. The number of ether oxygens (including phenoxy) is 2. The van der Waals surface area contributed by atoms with Gasteiger partial charge in [-0.25, -0.2) is 9.78 Å². The van der Waals surface area contributed by atoms with Crippen LogP contribution in [0.1, 0.15) is 59.1 Å². The third-order valence-corrected chi connectivity index (χ3v) is 9.05. The average molecular weight is 601 g/mol. The van der Waals surface area contributed by atoms with Crippen LogP contribution in [0.5, 0.6) is 0 Å². The van der Waals surface area contributed by atoms with E-state index in [4.69, 9.17) is 14.5 Å². The Morgan fingerprint density at radius 3 is 2.66 bits per heavy atom. The highest BCUT2D eigenvalue weighted by molar-refractivity contribution is 6.02. The summed E-state index contributed by atoms with van der Waals surface area (Å²) in [6.45, 7) is 2.57. The van der Waals surface area contributed by atoms with Crippen molar-refractivity contribution in [2.24, 2.45) is 0 Å². The van der Waals surface area contributed by atoms with Crippen molar-refractivity contribution >= 4 is 22.8 Å². The first-order valence-corrected chi connectivity index (χ1v) is 15.3. The number of hydrogen-bond acceptors (Lipinski definition) is 8. The number of nitrogens with zero attached hydrogens (tertiary/aromatic N) is 5. The first-order chi connectivity index (χ1) is 21.4. The van der Waals surface area contributed by atoms with Gasteiger partial charge < -0.3 is 29.4 Å². The third-order valence-electron chi connectivity index (χ3n) is 9.05. The summed E-state index contributed by atoms with van der Waals surface area (Å²) in [5, 5.41) is 20.4.